The van der Waals surface area contributed by atoms with Crippen LogP contribution in [0.1, 0.15) is 29.9 Å². The van der Waals surface area contributed by atoms with Crippen molar-refractivity contribution in [3.05, 3.63) is 35.1 Å². The van der Waals surface area contributed by atoms with E-state index in [2.05, 4.69) is 0 Å². The fourth-order valence-corrected chi connectivity index (χ4v) is 2.16. The summed E-state index contributed by atoms with van der Waals surface area (Å²) in [5.41, 5.74) is 1.22. The lowest BCUT2D eigenvalue weighted by Gasteiger charge is -2.11. The zero-order valence-corrected chi connectivity index (χ0v) is 8.35. The van der Waals surface area contributed by atoms with E-state index >= 15 is 0 Å². The van der Waals surface area contributed by atoms with E-state index in [9.17, 15) is 13.2 Å². The highest BCUT2D eigenvalue weighted by molar-refractivity contribution is 7.78. The molecule has 1 aromatic carbocycles. The van der Waals surface area contributed by atoms with Gasteiger partial charge in [0, 0.05) is 11.3 Å². The Morgan fingerprint density at radius 3 is 2.79 bits per heavy atom. The predicted octanol–water partition coefficient (Wildman–Crippen LogP) is 2.08. The smallest absolute Gasteiger partial charge is 0.127 e. The van der Waals surface area contributed by atoms with Gasteiger partial charge in [-0.2, -0.15) is 0 Å². The molecular weight excluding hydrogens is 203 g/mol. The van der Waals surface area contributed by atoms with Crippen LogP contribution in [-0.4, -0.2) is 8.76 Å². The molecule has 0 aliphatic heterocycles. The fraction of sp³-hybridized carbons (Fsp3) is 0.400. The second kappa shape index (κ2) is 3.79. The number of hydrogen-bond acceptors (Lipinski definition) is 2. The van der Waals surface area contributed by atoms with Gasteiger partial charge in [-0.1, -0.05) is 23.2 Å². The molecule has 0 aromatic heterocycles. The molecule has 1 atom stereocenters. The van der Waals surface area contributed by atoms with Crippen LogP contribution in [0.4, 0.5) is 4.39 Å². The number of benzene rings is 1. The van der Waals surface area contributed by atoms with Crippen LogP contribution in [0.3, 0.4) is 0 Å². The van der Waals surface area contributed by atoms with Gasteiger partial charge in [0.2, 0.25) is 0 Å². The maximum atomic E-state index is 13.3. The molecule has 2 nitrogen and oxygen atoms in total. The number of halogens is 1. The third-order valence-corrected chi connectivity index (χ3v) is 2.96. The summed E-state index contributed by atoms with van der Waals surface area (Å²) in [7, 11) is 0. The highest BCUT2D eigenvalue weighted by atomic mass is 32.2. The van der Waals surface area contributed by atoms with Gasteiger partial charge in [0.05, 0.1) is 0 Å². The number of hydrogen-bond donors (Lipinski definition) is 0. The summed E-state index contributed by atoms with van der Waals surface area (Å²) < 4.78 is 34.4. The van der Waals surface area contributed by atoms with Crippen molar-refractivity contribution < 1.29 is 13.2 Å². The normalized spacial score (nSPS) is 18.1. The molecule has 2 rings (SSSR count). The van der Waals surface area contributed by atoms with Crippen LogP contribution in [0.25, 0.3) is 0 Å². The molecular formula is C10H10FO2S-. The van der Waals surface area contributed by atoms with Gasteiger partial charge in [0.1, 0.15) is 5.82 Å². The lowest BCUT2D eigenvalue weighted by atomic mass is 10.0. The molecule has 0 radical (unpaired) electrons. The lowest BCUT2D eigenvalue weighted by molar-refractivity contribution is 0.533. The lowest BCUT2D eigenvalue weighted by Crippen LogP contribution is -2.01. The van der Waals surface area contributed by atoms with Crippen LogP contribution >= 0.6 is 0 Å². The highest BCUT2D eigenvalue weighted by Gasteiger charge is 2.26. The Bertz CT molecular complexity index is 374. The first-order chi connectivity index (χ1) is 6.68. The van der Waals surface area contributed by atoms with Gasteiger partial charge in [-0.25, -0.2) is 4.39 Å². The molecule has 0 bridgehead atoms. The average molecular weight is 213 g/mol. The van der Waals surface area contributed by atoms with Crippen molar-refractivity contribution in [3.63, 3.8) is 0 Å². The van der Waals surface area contributed by atoms with Crippen LogP contribution in [0.15, 0.2) is 18.2 Å². The van der Waals surface area contributed by atoms with Crippen LogP contribution in [0.2, 0.25) is 0 Å². The molecule has 76 valence electrons. The standard InChI is InChI=1S/C10H11FO2S/c11-10-3-1-2-8(7-4-5-7)9(10)6-14(12)13/h1-3,7H,4-6H2,(H,12,13)/p-1. The second-order valence-corrected chi connectivity index (χ2v) is 4.43. The molecule has 14 heavy (non-hydrogen) atoms. The van der Waals surface area contributed by atoms with Gasteiger partial charge in [0.25, 0.3) is 0 Å². The number of rotatable bonds is 3. The summed E-state index contributed by atoms with van der Waals surface area (Å²) in [6, 6.07) is 4.78. The predicted molar refractivity (Wildman–Crippen MR) is 51.0 cm³/mol. The van der Waals surface area contributed by atoms with E-state index in [1.165, 1.54) is 6.07 Å². The third kappa shape index (κ3) is 2.01. The molecule has 1 unspecified atom stereocenters. The van der Waals surface area contributed by atoms with Crippen LogP contribution in [0, 0.1) is 5.82 Å². The summed E-state index contributed by atoms with van der Waals surface area (Å²) >= 11 is -2.22. The van der Waals surface area contributed by atoms with Gasteiger partial charge in [-0.15, -0.1) is 0 Å². The molecule has 0 N–H and O–H groups in total. The van der Waals surface area contributed by atoms with Crippen molar-refractivity contribution in [2.24, 2.45) is 0 Å². The maximum absolute atomic E-state index is 13.3. The Labute approximate surface area is 84.4 Å². The monoisotopic (exact) mass is 213 g/mol. The van der Waals surface area contributed by atoms with Crippen LogP contribution < -0.4 is 0 Å². The molecule has 1 aliphatic rings. The molecule has 0 spiro atoms. The molecule has 1 aliphatic carbocycles. The van der Waals surface area contributed by atoms with E-state index in [0.717, 1.165) is 18.4 Å². The van der Waals surface area contributed by atoms with Crippen LogP contribution in [0.5, 0.6) is 0 Å². The molecule has 0 amide bonds. The summed E-state index contributed by atoms with van der Waals surface area (Å²) in [5.74, 6) is -0.235. The van der Waals surface area contributed by atoms with E-state index in [0.29, 0.717) is 11.5 Å². The van der Waals surface area contributed by atoms with Crippen molar-refractivity contribution in [1.82, 2.24) is 0 Å². The quantitative estimate of drug-likeness (QED) is 0.721. The van der Waals surface area contributed by atoms with Crippen molar-refractivity contribution in [3.8, 4) is 0 Å². The highest BCUT2D eigenvalue weighted by Crippen LogP contribution is 2.42. The zero-order valence-electron chi connectivity index (χ0n) is 7.53. The molecule has 1 saturated carbocycles. The second-order valence-electron chi connectivity index (χ2n) is 3.53. The largest absolute Gasteiger partial charge is 0.772 e. The third-order valence-electron chi connectivity index (χ3n) is 2.43. The maximum Gasteiger partial charge on any atom is 0.127 e. The van der Waals surface area contributed by atoms with E-state index in [1.54, 1.807) is 6.07 Å². The van der Waals surface area contributed by atoms with Gasteiger partial charge in [-0.3, -0.25) is 4.21 Å². The molecule has 4 heteroatoms. The minimum Gasteiger partial charge on any atom is -0.772 e. The molecule has 1 aromatic rings. The van der Waals surface area contributed by atoms with Crippen molar-refractivity contribution in [2.45, 2.75) is 24.5 Å². The minimum atomic E-state index is -2.22. The SMILES string of the molecule is O=S([O-])Cc1c(F)cccc1C1CC1. The Balaban J connectivity index is 2.37. The van der Waals surface area contributed by atoms with E-state index < -0.39 is 16.9 Å². The Kier molecular flexibility index (Phi) is 2.65. The first kappa shape index (κ1) is 9.80. The first-order valence-electron chi connectivity index (χ1n) is 4.51. The van der Waals surface area contributed by atoms with Crippen molar-refractivity contribution in [2.75, 3.05) is 0 Å². The first-order valence-corrected chi connectivity index (χ1v) is 5.76. The molecule has 0 saturated heterocycles. The Morgan fingerprint density at radius 2 is 2.21 bits per heavy atom. The van der Waals surface area contributed by atoms with Crippen LogP contribution in [-0.2, 0) is 16.8 Å². The fourth-order valence-electron chi connectivity index (χ4n) is 1.62. The zero-order chi connectivity index (χ0) is 10.1. The summed E-state index contributed by atoms with van der Waals surface area (Å²) in [6.07, 6.45) is 2.09. The van der Waals surface area contributed by atoms with E-state index in [1.807, 2.05) is 6.07 Å². The Morgan fingerprint density at radius 1 is 1.50 bits per heavy atom. The van der Waals surface area contributed by atoms with Crippen molar-refractivity contribution >= 4 is 11.1 Å². The van der Waals surface area contributed by atoms with Gasteiger partial charge >= 0.3 is 0 Å². The van der Waals surface area contributed by atoms with Gasteiger partial charge in [0.15, 0.2) is 0 Å². The van der Waals surface area contributed by atoms with Gasteiger partial charge < -0.3 is 4.55 Å². The van der Waals surface area contributed by atoms with E-state index in [-0.39, 0.29) is 5.75 Å². The molecule has 1 fully saturated rings. The molecule has 0 heterocycles. The van der Waals surface area contributed by atoms with Crippen molar-refractivity contribution in [1.29, 1.82) is 0 Å². The van der Waals surface area contributed by atoms with E-state index in [4.69, 9.17) is 0 Å². The topological polar surface area (TPSA) is 40.1 Å². The Hall–Kier alpha value is -0.740. The minimum absolute atomic E-state index is 0.210. The van der Waals surface area contributed by atoms with Gasteiger partial charge in [-0.05, 0) is 30.4 Å². The summed E-state index contributed by atoms with van der Waals surface area (Å²) in [6.45, 7) is 0. The summed E-state index contributed by atoms with van der Waals surface area (Å²) in [4.78, 5) is 0. The summed E-state index contributed by atoms with van der Waals surface area (Å²) in [5, 5.41) is 0. The average Bonchev–Trinajstić information content (AvgIpc) is 2.90.